The van der Waals surface area contributed by atoms with Crippen molar-refractivity contribution in [3.63, 3.8) is 0 Å². The minimum absolute atomic E-state index is 0.0337. The van der Waals surface area contributed by atoms with Gasteiger partial charge in [0.05, 0.1) is 12.5 Å². The Bertz CT molecular complexity index is 845. The molecule has 0 aliphatic rings. The largest absolute Gasteiger partial charge is 0.480 e. The maximum atomic E-state index is 12.9. The number of rotatable bonds is 13. The second-order valence-corrected chi connectivity index (χ2v) is 8.29. The quantitative estimate of drug-likeness (QED) is 0.217. The van der Waals surface area contributed by atoms with Gasteiger partial charge in [0.1, 0.15) is 18.1 Å². The van der Waals surface area contributed by atoms with Gasteiger partial charge in [-0.05, 0) is 24.8 Å². The average molecular weight is 464 g/mol. The Kier molecular flexibility index (Phi) is 11.0. The van der Waals surface area contributed by atoms with Gasteiger partial charge in [-0.2, -0.15) is 0 Å². The number of carbonyl (C=O) groups is 5. The lowest BCUT2D eigenvalue weighted by Gasteiger charge is -2.24. The molecule has 0 heterocycles. The Morgan fingerprint density at radius 1 is 0.879 bits per heavy atom. The molecule has 0 fully saturated rings. The summed E-state index contributed by atoms with van der Waals surface area (Å²) in [5.74, 6) is -3.99. The molecule has 11 nitrogen and oxygen atoms in total. The second kappa shape index (κ2) is 13.2. The van der Waals surface area contributed by atoms with Crippen molar-refractivity contribution in [2.45, 2.75) is 64.2 Å². The molecular weight excluding hydrogens is 430 g/mol. The van der Waals surface area contributed by atoms with E-state index in [1.165, 1.54) is 6.92 Å². The van der Waals surface area contributed by atoms with Crippen molar-refractivity contribution in [2.75, 3.05) is 0 Å². The Balaban J connectivity index is 2.90. The first-order valence-corrected chi connectivity index (χ1v) is 10.6. The van der Waals surface area contributed by atoms with Crippen molar-refractivity contribution < 1.29 is 29.1 Å². The van der Waals surface area contributed by atoms with Gasteiger partial charge in [0.15, 0.2) is 0 Å². The van der Waals surface area contributed by atoms with Gasteiger partial charge in [-0.1, -0.05) is 44.2 Å². The average Bonchev–Trinajstić information content (AvgIpc) is 2.72. The summed E-state index contributed by atoms with van der Waals surface area (Å²) in [6.45, 7) is 5.06. The number of amides is 4. The third-order valence-corrected chi connectivity index (χ3v) is 4.75. The van der Waals surface area contributed by atoms with Crippen LogP contribution in [0.4, 0.5) is 0 Å². The van der Waals surface area contributed by atoms with E-state index in [-0.39, 0.29) is 18.8 Å². The lowest BCUT2D eigenvalue weighted by Crippen LogP contribution is -2.57. The van der Waals surface area contributed by atoms with Crippen LogP contribution in [0.25, 0.3) is 0 Å². The van der Waals surface area contributed by atoms with Crippen molar-refractivity contribution in [3.05, 3.63) is 35.9 Å². The van der Waals surface area contributed by atoms with Crippen LogP contribution in [0.3, 0.4) is 0 Å². The van der Waals surface area contributed by atoms with Gasteiger partial charge in [0.2, 0.25) is 23.6 Å². The first kappa shape index (κ1) is 27.6. The van der Waals surface area contributed by atoms with Crippen LogP contribution in [0.15, 0.2) is 30.3 Å². The molecule has 0 aliphatic carbocycles. The number of carboxylic acid groups (broad SMARTS) is 1. The van der Waals surface area contributed by atoms with E-state index < -0.39 is 60.2 Å². The van der Waals surface area contributed by atoms with Crippen molar-refractivity contribution in [3.8, 4) is 0 Å². The van der Waals surface area contributed by atoms with E-state index in [2.05, 4.69) is 16.0 Å². The molecule has 0 radical (unpaired) electrons. The number of benzene rings is 1. The fourth-order valence-corrected chi connectivity index (χ4v) is 3.02. The fourth-order valence-electron chi connectivity index (χ4n) is 3.02. The monoisotopic (exact) mass is 463 g/mol. The summed E-state index contributed by atoms with van der Waals surface area (Å²) < 4.78 is 0. The van der Waals surface area contributed by atoms with E-state index in [4.69, 9.17) is 11.5 Å². The molecule has 1 rings (SSSR count). The lowest BCUT2D eigenvalue weighted by atomic mass is 10.0. The Hall–Kier alpha value is -3.47. The minimum Gasteiger partial charge on any atom is -0.480 e. The van der Waals surface area contributed by atoms with Crippen molar-refractivity contribution in [1.29, 1.82) is 0 Å². The highest BCUT2D eigenvalue weighted by molar-refractivity contribution is 5.95. The molecule has 0 aromatic heterocycles. The van der Waals surface area contributed by atoms with E-state index in [0.717, 1.165) is 5.56 Å². The summed E-state index contributed by atoms with van der Waals surface area (Å²) >= 11 is 0. The summed E-state index contributed by atoms with van der Waals surface area (Å²) in [4.78, 5) is 60.1. The third kappa shape index (κ3) is 10.1. The molecule has 4 atom stereocenters. The van der Waals surface area contributed by atoms with E-state index in [9.17, 15) is 29.1 Å². The summed E-state index contributed by atoms with van der Waals surface area (Å²) in [6.07, 6.45) is -0.0654. The highest BCUT2D eigenvalue weighted by atomic mass is 16.4. The second-order valence-electron chi connectivity index (χ2n) is 8.29. The van der Waals surface area contributed by atoms with E-state index in [1.807, 2.05) is 13.8 Å². The number of hydrogen-bond donors (Lipinski definition) is 6. The van der Waals surface area contributed by atoms with E-state index in [1.54, 1.807) is 30.3 Å². The summed E-state index contributed by atoms with van der Waals surface area (Å²) in [6, 6.07) is 4.35. The molecule has 4 unspecified atom stereocenters. The van der Waals surface area contributed by atoms with Gasteiger partial charge in [-0.3, -0.25) is 19.2 Å². The molecule has 1 aromatic rings. The standard InChI is InChI=1S/C22H33N5O6/c1-12(2)9-17(22(32)33)27-19(29)13(3)25-21(31)16(10-14-7-5-4-6-8-14)26-20(30)15(23)11-18(24)28/h4-8,12-13,15-17H,9-11,23H2,1-3H3,(H2,24,28)(H,25,31)(H,26,30)(H,27,29)(H,32,33). The van der Waals surface area contributed by atoms with Crippen LogP contribution in [0, 0.1) is 5.92 Å². The molecule has 0 bridgehead atoms. The van der Waals surface area contributed by atoms with Crippen LogP contribution in [0.2, 0.25) is 0 Å². The molecule has 1 aromatic carbocycles. The smallest absolute Gasteiger partial charge is 0.326 e. The Labute approximate surface area is 192 Å². The Morgan fingerprint density at radius 2 is 1.45 bits per heavy atom. The van der Waals surface area contributed by atoms with E-state index in [0.29, 0.717) is 0 Å². The number of aliphatic carboxylic acids is 1. The maximum absolute atomic E-state index is 12.9. The number of carboxylic acids is 1. The van der Waals surface area contributed by atoms with Gasteiger partial charge >= 0.3 is 5.97 Å². The minimum atomic E-state index is -1.23. The molecule has 0 saturated heterocycles. The number of primary amides is 1. The highest BCUT2D eigenvalue weighted by Crippen LogP contribution is 2.07. The number of nitrogens with one attached hydrogen (secondary N) is 3. The van der Waals surface area contributed by atoms with Gasteiger partial charge in [-0.15, -0.1) is 0 Å². The number of hydrogen-bond acceptors (Lipinski definition) is 6. The zero-order valence-corrected chi connectivity index (χ0v) is 19.0. The number of carbonyl (C=O) groups excluding carboxylic acids is 4. The van der Waals surface area contributed by atoms with Crippen LogP contribution < -0.4 is 27.4 Å². The van der Waals surface area contributed by atoms with Crippen LogP contribution >= 0.6 is 0 Å². The molecule has 33 heavy (non-hydrogen) atoms. The van der Waals surface area contributed by atoms with Gasteiger partial charge in [0.25, 0.3) is 0 Å². The number of nitrogens with two attached hydrogens (primary N) is 2. The van der Waals surface area contributed by atoms with Gasteiger partial charge in [0, 0.05) is 6.42 Å². The molecule has 0 aliphatic heterocycles. The first-order chi connectivity index (χ1) is 15.4. The van der Waals surface area contributed by atoms with Gasteiger partial charge < -0.3 is 32.5 Å². The zero-order valence-electron chi connectivity index (χ0n) is 19.0. The molecular formula is C22H33N5O6. The topological polar surface area (TPSA) is 194 Å². The fraction of sp³-hybridized carbons (Fsp3) is 0.500. The third-order valence-electron chi connectivity index (χ3n) is 4.75. The first-order valence-electron chi connectivity index (χ1n) is 10.6. The zero-order chi connectivity index (χ0) is 25.1. The maximum Gasteiger partial charge on any atom is 0.326 e. The predicted molar refractivity (Wildman–Crippen MR) is 120 cm³/mol. The summed E-state index contributed by atoms with van der Waals surface area (Å²) in [7, 11) is 0. The van der Waals surface area contributed by atoms with Crippen molar-refractivity contribution >= 4 is 29.6 Å². The highest BCUT2D eigenvalue weighted by Gasteiger charge is 2.29. The van der Waals surface area contributed by atoms with Crippen molar-refractivity contribution in [1.82, 2.24) is 16.0 Å². The molecule has 4 amide bonds. The molecule has 182 valence electrons. The SMILES string of the molecule is CC(C)CC(NC(=O)C(C)NC(=O)C(Cc1ccccc1)NC(=O)C(N)CC(N)=O)C(=O)O. The summed E-state index contributed by atoms with van der Waals surface area (Å²) in [5.41, 5.74) is 11.5. The van der Waals surface area contributed by atoms with Crippen LogP contribution in [-0.4, -0.2) is 58.9 Å². The van der Waals surface area contributed by atoms with Crippen molar-refractivity contribution in [2.24, 2.45) is 17.4 Å². The molecule has 8 N–H and O–H groups in total. The normalized spacial score (nSPS) is 14.5. The molecule has 0 saturated carbocycles. The van der Waals surface area contributed by atoms with E-state index >= 15 is 0 Å². The van der Waals surface area contributed by atoms with Crippen LogP contribution in [-0.2, 0) is 30.4 Å². The Morgan fingerprint density at radius 3 is 1.97 bits per heavy atom. The molecule has 0 spiro atoms. The predicted octanol–water partition coefficient (Wildman–Crippen LogP) is -0.963. The lowest BCUT2D eigenvalue weighted by molar-refractivity contribution is -0.142. The van der Waals surface area contributed by atoms with Crippen LogP contribution in [0.1, 0.15) is 39.2 Å². The summed E-state index contributed by atoms with van der Waals surface area (Å²) in [5, 5.41) is 16.7. The van der Waals surface area contributed by atoms with Gasteiger partial charge in [-0.25, -0.2) is 4.79 Å². The molecule has 11 heteroatoms. The van der Waals surface area contributed by atoms with Crippen LogP contribution in [0.5, 0.6) is 0 Å².